The van der Waals surface area contributed by atoms with Crippen LogP contribution in [0.25, 0.3) is 0 Å². The maximum Gasteiger partial charge on any atom is 0.339 e. The molecule has 0 radical (unpaired) electrons. The molecule has 0 aliphatic rings. The van der Waals surface area contributed by atoms with E-state index in [0.29, 0.717) is 5.92 Å². The van der Waals surface area contributed by atoms with Crippen molar-refractivity contribution in [1.82, 2.24) is 0 Å². The predicted octanol–water partition coefficient (Wildman–Crippen LogP) is 4.54. The first-order valence-corrected chi connectivity index (χ1v) is 7.99. The summed E-state index contributed by atoms with van der Waals surface area (Å²) in [6, 6.07) is 6.18. The van der Waals surface area contributed by atoms with Gasteiger partial charge in [0.05, 0.1) is 11.1 Å². The van der Waals surface area contributed by atoms with Crippen molar-refractivity contribution in [3.05, 3.63) is 35.4 Å². The molecule has 0 heterocycles. The number of aromatic carboxylic acids is 1. The van der Waals surface area contributed by atoms with Gasteiger partial charge in [-0.05, 0) is 37.3 Å². The van der Waals surface area contributed by atoms with E-state index >= 15 is 0 Å². The van der Waals surface area contributed by atoms with Crippen LogP contribution in [0.15, 0.2) is 24.3 Å². The number of hydrogen-bond donors (Lipinski definition) is 1. The van der Waals surface area contributed by atoms with Gasteiger partial charge in [0.2, 0.25) is 0 Å². The number of benzene rings is 1. The first-order chi connectivity index (χ1) is 10.5. The van der Waals surface area contributed by atoms with Crippen LogP contribution in [-0.4, -0.2) is 23.1 Å². The third-order valence-corrected chi connectivity index (χ3v) is 3.52. The molecule has 0 fully saturated rings. The Labute approximate surface area is 132 Å². The third-order valence-electron chi connectivity index (χ3n) is 3.52. The summed E-state index contributed by atoms with van der Waals surface area (Å²) in [5.41, 5.74) is 0.114. The number of rotatable bonds is 9. The standard InChI is InChI=1S/C18H26O4/c1-4-5-6-9-14(12-13(2)3)22-18(21)16-11-8-7-10-15(16)17(19)20/h7-8,10-11,13-14H,4-6,9,12H2,1-3H3,(H,19,20). The van der Waals surface area contributed by atoms with Crippen LogP contribution >= 0.6 is 0 Å². The first kappa shape index (κ1) is 18.2. The summed E-state index contributed by atoms with van der Waals surface area (Å²) in [6.07, 6.45) is 4.71. The smallest absolute Gasteiger partial charge is 0.339 e. The molecule has 1 aromatic carbocycles. The highest BCUT2D eigenvalue weighted by Crippen LogP contribution is 2.19. The molecule has 0 saturated heterocycles. The molecular formula is C18H26O4. The van der Waals surface area contributed by atoms with Crippen molar-refractivity contribution in [2.75, 3.05) is 0 Å². The molecule has 1 rings (SSSR count). The van der Waals surface area contributed by atoms with E-state index in [4.69, 9.17) is 9.84 Å². The zero-order valence-electron chi connectivity index (χ0n) is 13.7. The van der Waals surface area contributed by atoms with E-state index in [2.05, 4.69) is 20.8 Å². The van der Waals surface area contributed by atoms with Gasteiger partial charge in [-0.3, -0.25) is 0 Å². The van der Waals surface area contributed by atoms with Crippen LogP contribution in [0.5, 0.6) is 0 Å². The average Bonchev–Trinajstić information content (AvgIpc) is 2.46. The number of ether oxygens (including phenoxy) is 1. The topological polar surface area (TPSA) is 63.6 Å². The van der Waals surface area contributed by atoms with Gasteiger partial charge in [-0.1, -0.05) is 45.7 Å². The van der Waals surface area contributed by atoms with Crippen LogP contribution in [0.4, 0.5) is 0 Å². The molecule has 1 aromatic rings. The van der Waals surface area contributed by atoms with Crippen LogP contribution in [0, 0.1) is 5.92 Å². The molecular weight excluding hydrogens is 280 g/mol. The molecule has 1 unspecified atom stereocenters. The van der Waals surface area contributed by atoms with Crippen molar-refractivity contribution in [2.24, 2.45) is 5.92 Å². The number of carbonyl (C=O) groups excluding carboxylic acids is 1. The van der Waals surface area contributed by atoms with Gasteiger partial charge in [-0.15, -0.1) is 0 Å². The summed E-state index contributed by atoms with van der Waals surface area (Å²) in [5, 5.41) is 9.16. The van der Waals surface area contributed by atoms with Crippen LogP contribution in [0.2, 0.25) is 0 Å². The summed E-state index contributed by atoms with van der Waals surface area (Å²) >= 11 is 0. The molecule has 4 nitrogen and oxygen atoms in total. The fourth-order valence-corrected chi connectivity index (χ4v) is 2.44. The van der Waals surface area contributed by atoms with Gasteiger partial charge in [0.15, 0.2) is 0 Å². The van der Waals surface area contributed by atoms with Crippen LogP contribution in [0.1, 0.15) is 73.6 Å². The summed E-state index contributed by atoms with van der Waals surface area (Å²) in [7, 11) is 0. The SMILES string of the molecule is CCCCCC(CC(C)C)OC(=O)c1ccccc1C(=O)O. The summed E-state index contributed by atoms with van der Waals surface area (Å²) in [5.74, 6) is -1.23. The average molecular weight is 306 g/mol. The van der Waals surface area contributed by atoms with Crippen LogP contribution < -0.4 is 0 Å². The lowest BCUT2D eigenvalue weighted by atomic mass is 10.0. The van der Waals surface area contributed by atoms with E-state index < -0.39 is 11.9 Å². The zero-order valence-corrected chi connectivity index (χ0v) is 13.7. The van der Waals surface area contributed by atoms with Gasteiger partial charge >= 0.3 is 11.9 Å². The Balaban J connectivity index is 2.79. The molecule has 0 aromatic heterocycles. The van der Waals surface area contributed by atoms with Crippen LogP contribution in [-0.2, 0) is 4.74 Å². The molecule has 1 atom stereocenters. The molecule has 0 saturated carbocycles. The highest BCUT2D eigenvalue weighted by Gasteiger charge is 2.21. The number of esters is 1. The molecule has 0 amide bonds. The summed E-state index contributed by atoms with van der Waals surface area (Å²) in [6.45, 7) is 6.31. The minimum Gasteiger partial charge on any atom is -0.478 e. The highest BCUT2D eigenvalue weighted by molar-refractivity contribution is 6.02. The second-order valence-corrected chi connectivity index (χ2v) is 6.00. The monoisotopic (exact) mass is 306 g/mol. The Kier molecular flexibility index (Phi) is 7.64. The lowest BCUT2D eigenvalue weighted by molar-refractivity contribution is 0.0221. The highest BCUT2D eigenvalue weighted by atomic mass is 16.5. The number of hydrogen-bond acceptors (Lipinski definition) is 3. The predicted molar refractivity (Wildman–Crippen MR) is 86.2 cm³/mol. The van der Waals surface area contributed by atoms with Gasteiger partial charge in [0, 0.05) is 0 Å². The van der Waals surface area contributed by atoms with Crippen molar-refractivity contribution >= 4 is 11.9 Å². The van der Waals surface area contributed by atoms with Crippen LogP contribution in [0.3, 0.4) is 0 Å². The maximum absolute atomic E-state index is 12.3. The molecule has 0 spiro atoms. The van der Waals surface area contributed by atoms with Crippen molar-refractivity contribution in [3.8, 4) is 0 Å². The van der Waals surface area contributed by atoms with E-state index in [9.17, 15) is 9.59 Å². The third kappa shape index (κ3) is 5.88. The Morgan fingerprint density at radius 1 is 1.14 bits per heavy atom. The molecule has 1 N–H and O–H groups in total. The second-order valence-electron chi connectivity index (χ2n) is 6.00. The van der Waals surface area contributed by atoms with E-state index in [1.807, 2.05) is 0 Å². The molecule has 0 bridgehead atoms. The largest absolute Gasteiger partial charge is 0.478 e. The normalized spacial score (nSPS) is 12.2. The van der Waals surface area contributed by atoms with Gasteiger partial charge in [0.1, 0.15) is 6.10 Å². The Hall–Kier alpha value is -1.84. The molecule has 22 heavy (non-hydrogen) atoms. The van der Waals surface area contributed by atoms with E-state index in [1.165, 1.54) is 12.1 Å². The lowest BCUT2D eigenvalue weighted by Crippen LogP contribution is -2.22. The molecule has 0 aliphatic heterocycles. The fraction of sp³-hybridized carbons (Fsp3) is 0.556. The van der Waals surface area contributed by atoms with Gasteiger partial charge in [-0.2, -0.15) is 0 Å². The van der Waals surface area contributed by atoms with Crippen molar-refractivity contribution in [2.45, 2.75) is 59.0 Å². The second kappa shape index (κ2) is 9.23. The Morgan fingerprint density at radius 2 is 1.77 bits per heavy atom. The summed E-state index contributed by atoms with van der Waals surface area (Å²) < 4.78 is 5.58. The number of carboxylic acid groups (broad SMARTS) is 1. The molecule has 122 valence electrons. The van der Waals surface area contributed by atoms with Crippen molar-refractivity contribution in [3.63, 3.8) is 0 Å². The minimum absolute atomic E-state index is 0.00986. The van der Waals surface area contributed by atoms with Crippen molar-refractivity contribution in [1.29, 1.82) is 0 Å². The molecule has 0 aliphatic carbocycles. The first-order valence-electron chi connectivity index (χ1n) is 7.99. The number of unbranched alkanes of at least 4 members (excludes halogenated alkanes) is 2. The van der Waals surface area contributed by atoms with Gasteiger partial charge < -0.3 is 9.84 Å². The quantitative estimate of drug-likeness (QED) is 0.537. The summed E-state index contributed by atoms with van der Waals surface area (Å²) in [4.78, 5) is 23.5. The van der Waals surface area contributed by atoms with E-state index in [1.54, 1.807) is 12.1 Å². The zero-order chi connectivity index (χ0) is 16.5. The Bertz CT molecular complexity index is 494. The van der Waals surface area contributed by atoms with Crippen molar-refractivity contribution < 1.29 is 19.4 Å². The van der Waals surface area contributed by atoms with E-state index in [-0.39, 0.29) is 17.2 Å². The van der Waals surface area contributed by atoms with E-state index in [0.717, 1.165) is 32.1 Å². The molecule has 4 heteroatoms. The fourth-order valence-electron chi connectivity index (χ4n) is 2.44. The maximum atomic E-state index is 12.3. The lowest BCUT2D eigenvalue weighted by Gasteiger charge is -2.20. The van der Waals surface area contributed by atoms with Gasteiger partial charge in [0.25, 0.3) is 0 Å². The van der Waals surface area contributed by atoms with Gasteiger partial charge in [-0.25, -0.2) is 9.59 Å². The number of carbonyl (C=O) groups is 2. The number of carboxylic acids is 1. The minimum atomic E-state index is -1.11. The Morgan fingerprint density at radius 3 is 2.32 bits per heavy atom.